The van der Waals surface area contributed by atoms with Gasteiger partial charge in [0.05, 0.1) is 0 Å². The number of rotatable bonds is 4. The van der Waals surface area contributed by atoms with E-state index in [2.05, 4.69) is 0 Å². The van der Waals surface area contributed by atoms with Crippen molar-refractivity contribution in [1.29, 1.82) is 0 Å². The summed E-state index contributed by atoms with van der Waals surface area (Å²) in [6, 6.07) is 9.65. The number of halogens is 1. The van der Waals surface area contributed by atoms with Gasteiger partial charge >= 0.3 is 0 Å². The molecule has 0 saturated heterocycles. The largest absolute Gasteiger partial charge is 0.457 e. The van der Waals surface area contributed by atoms with Crippen molar-refractivity contribution < 1.29 is 13.9 Å². The summed E-state index contributed by atoms with van der Waals surface area (Å²) in [5.74, 6) is 0.987. The molecule has 0 radical (unpaired) electrons. The highest BCUT2D eigenvalue weighted by Gasteiger charge is 2.06. The lowest BCUT2D eigenvalue weighted by Gasteiger charge is -2.11. The molecule has 0 heterocycles. The van der Waals surface area contributed by atoms with Crippen LogP contribution in [0.4, 0.5) is 4.39 Å². The minimum atomic E-state index is -0.291. The third-order valence-electron chi connectivity index (χ3n) is 3.01. The molecule has 19 heavy (non-hydrogen) atoms. The molecule has 2 rings (SSSR count). The molecular formula is C16H15FO2. The topological polar surface area (TPSA) is 26.3 Å². The third-order valence-corrected chi connectivity index (χ3v) is 3.01. The van der Waals surface area contributed by atoms with Crippen molar-refractivity contribution in [2.45, 2.75) is 20.3 Å². The second-order valence-electron chi connectivity index (χ2n) is 4.46. The monoisotopic (exact) mass is 258 g/mol. The molecule has 0 atom stereocenters. The molecule has 0 bridgehead atoms. The lowest BCUT2D eigenvalue weighted by atomic mass is 10.0. The molecular weight excluding hydrogens is 243 g/mol. The fraction of sp³-hybridized carbons (Fsp3) is 0.188. The van der Waals surface area contributed by atoms with Crippen LogP contribution in [0.5, 0.6) is 11.5 Å². The molecule has 0 aliphatic rings. The quantitative estimate of drug-likeness (QED) is 0.775. The number of benzene rings is 2. The standard InChI is InChI=1S/C16H15FO2/c1-11-9-15(10-12(2)16(11)7-8-18)19-14-5-3-13(17)4-6-14/h3-6,8-10H,7H2,1-2H3. The Morgan fingerprint density at radius 2 is 1.63 bits per heavy atom. The van der Waals surface area contributed by atoms with Crippen LogP contribution in [0.3, 0.4) is 0 Å². The van der Waals surface area contributed by atoms with E-state index in [0.717, 1.165) is 23.0 Å². The SMILES string of the molecule is Cc1cc(Oc2ccc(F)cc2)cc(C)c1CC=O. The van der Waals surface area contributed by atoms with Gasteiger partial charge in [-0.15, -0.1) is 0 Å². The van der Waals surface area contributed by atoms with Crippen LogP contribution in [-0.2, 0) is 11.2 Å². The molecule has 3 heteroatoms. The Bertz CT molecular complexity index is 565. The molecule has 2 aromatic carbocycles. The van der Waals surface area contributed by atoms with Crippen LogP contribution < -0.4 is 4.74 Å². The number of carbonyl (C=O) groups excluding carboxylic acids is 1. The van der Waals surface area contributed by atoms with Gasteiger partial charge in [-0.25, -0.2) is 4.39 Å². The molecule has 0 aliphatic heterocycles. The van der Waals surface area contributed by atoms with E-state index in [1.54, 1.807) is 12.1 Å². The zero-order valence-electron chi connectivity index (χ0n) is 10.9. The summed E-state index contributed by atoms with van der Waals surface area (Å²) < 4.78 is 18.5. The molecule has 0 unspecified atom stereocenters. The predicted molar refractivity (Wildman–Crippen MR) is 72.2 cm³/mol. The van der Waals surface area contributed by atoms with Gasteiger partial charge in [0.25, 0.3) is 0 Å². The van der Waals surface area contributed by atoms with Gasteiger partial charge in [-0.05, 0) is 66.9 Å². The first-order valence-electron chi connectivity index (χ1n) is 6.07. The fourth-order valence-corrected chi connectivity index (χ4v) is 2.06. The molecule has 98 valence electrons. The number of aryl methyl sites for hydroxylation is 2. The normalized spacial score (nSPS) is 10.3. The van der Waals surface area contributed by atoms with Crippen molar-refractivity contribution in [2.24, 2.45) is 0 Å². The minimum Gasteiger partial charge on any atom is -0.457 e. The van der Waals surface area contributed by atoms with E-state index in [0.29, 0.717) is 17.9 Å². The Balaban J connectivity index is 2.26. The highest BCUT2D eigenvalue weighted by atomic mass is 19.1. The summed E-state index contributed by atoms with van der Waals surface area (Å²) in [6.45, 7) is 3.90. The zero-order chi connectivity index (χ0) is 13.8. The second-order valence-corrected chi connectivity index (χ2v) is 4.46. The first kappa shape index (κ1) is 13.3. The van der Waals surface area contributed by atoms with Crippen molar-refractivity contribution in [1.82, 2.24) is 0 Å². The summed E-state index contributed by atoms with van der Waals surface area (Å²) in [4.78, 5) is 10.6. The average molecular weight is 258 g/mol. The van der Waals surface area contributed by atoms with Crippen molar-refractivity contribution >= 4 is 6.29 Å². The number of aldehydes is 1. The molecule has 0 spiro atoms. The van der Waals surface area contributed by atoms with Gasteiger partial charge in [0.1, 0.15) is 23.6 Å². The van der Waals surface area contributed by atoms with Gasteiger partial charge in [-0.2, -0.15) is 0 Å². The van der Waals surface area contributed by atoms with Crippen LogP contribution >= 0.6 is 0 Å². The Morgan fingerprint density at radius 1 is 1.05 bits per heavy atom. The summed E-state index contributed by atoms with van der Waals surface area (Å²) in [5, 5.41) is 0. The maximum atomic E-state index is 12.8. The Morgan fingerprint density at radius 3 is 2.16 bits per heavy atom. The Labute approximate surface area is 111 Å². The van der Waals surface area contributed by atoms with Crippen LogP contribution in [0.1, 0.15) is 16.7 Å². The van der Waals surface area contributed by atoms with E-state index in [1.165, 1.54) is 12.1 Å². The van der Waals surface area contributed by atoms with Crippen molar-refractivity contribution in [3.05, 3.63) is 58.9 Å². The molecule has 2 nitrogen and oxygen atoms in total. The van der Waals surface area contributed by atoms with E-state index in [9.17, 15) is 9.18 Å². The van der Waals surface area contributed by atoms with E-state index in [-0.39, 0.29) is 5.82 Å². The van der Waals surface area contributed by atoms with Gasteiger partial charge in [-0.1, -0.05) is 0 Å². The van der Waals surface area contributed by atoms with E-state index >= 15 is 0 Å². The number of hydrogen-bond acceptors (Lipinski definition) is 2. The van der Waals surface area contributed by atoms with E-state index in [1.807, 2.05) is 26.0 Å². The van der Waals surface area contributed by atoms with Crippen molar-refractivity contribution in [3.63, 3.8) is 0 Å². The predicted octanol–water partition coefficient (Wildman–Crippen LogP) is 3.98. The first-order chi connectivity index (χ1) is 9.10. The molecule has 2 aromatic rings. The van der Waals surface area contributed by atoms with Gasteiger partial charge in [-0.3, -0.25) is 0 Å². The van der Waals surface area contributed by atoms with Crippen LogP contribution in [-0.4, -0.2) is 6.29 Å². The van der Waals surface area contributed by atoms with Crippen molar-refractivity contribution in [2.75, 3.05) is 0 Å². The summed E-state index contributed by atoms with van der Waals surface area (Å²) in [7, 11) is 0. The van der Waals surface area contributed by atoms with Crippen LogP contribution in [0.15, 0.2) is 36.4 Å². The van der Waals surface area contributed by atoms with Gasteiger partial charge in [0.2, 0.25) is 0 Å². The van der Waals surface area contributed by atoms with Gasteiger partial charge in [0.15, 0.2) is 0 Å². The van der Waals surface area contributed by atoms with Crippen LogP contribution in [0.2, 0.25) is 0 Å². The molecule has 0 saturated carbocycles. The van der Waals surface area contributed by atoms with Crippen LogP contribution in [0, 0.1) is 19.7 Å². The number of ether oxygens (including phenoxy) is 1. The van der Waals surface area contributed by atoms with Gasteiger partial charge in [0, 0.05) is 6.42 Å². The highest BCUT2D eigenvalue weighted by molar-refractivity contribution is 5.58. The van der Waals surface area contributed by atoms with Crippen LogP contribution in [0.25, 0.3) is 0 Å². The highest BCUT2D eigenvalue weighted by Crippen LogP contribution is 2.26. The molecule has 0 amide bonds. The molecule has 0 N–H and O–H groups in total. The lowest BCUT2D eigenvalue weighted by molar-refractivity contribution is -0.107. The summed E-state index contributed by atoms with van der Waals surface area (Å²) >= 11 is 0. The zero-order valence-corrected chi connectivity index (χ0v) is 10.9. The number of carbonyl (C=O) groups is 1. The summed E-state index contributed by atoms with van der Waals surface area (Å²) in [6.07, 6.45) is 1.31. The average Bonchev–Trinajstić information content (AvgIpc) is 2.37. The smallest absolute Gasteiger partial charge is 0.127 e. The van der Waals surface area contributed by atoms with Gasteiger partial charge < -0.3 is 9.53 Å². The Kier molecular flexibility index (Phi) is 3.95. The maximum absolute atomic E-state index is 12.8. The minimum absolute atomic E-state index is 0.291. The first-order valence-corrected chi connectivity index (χ1v) is 6.07. The van der Waals surface area contributed by atoms with E-state index in [4.69, 9.17) is 4.74 Å². The summed E-state index contributed by atoms with van der Waals surface area (Å²) in [5.41, 5.74) is 3.06. The third kappa shape index (κ3) is 3.19. The Hall–Kier alpha value is -2.16. The lowest BCUT2D eigenvalue weighted by Crippen LogP contribution is -1.96. The number of hydrogen-bond donors (Lipinski definition) is 0. The molecule has 0 aromatic heterocycles. The van der Waals surface area contributed by atoms with Crippen molar-refractivity contribution in [3.8, 4) is 11.5 Å². The fourth-order valence-electron chi connectivity index (χ4n) is 2.06. The maximum Gasteiger partial charge on any atom is 0.127 e. The molecule has 0 fully saturated rings. The van der Waals surface area contributed by atoms with E-state index < -0.39 is 0 Å². The second kappa shape index (κ2) is 5.65. The molecule has 0 aliphatic carbocycles.